The van der Waals surface area contributed by atoms with Gasteiger partial charge in [0.1, 0.15) is 6.04 Å². The number of carbonyl (C=O) groups excluding carboxylic acids is 1. The second-order valence-corrected chi connectivity index (χ2v) is 5.70. The Labute approximate surface area is 118 Å². The first-order valence-electron chi connectivity index (χ1n) is 7.00. The molecule has 2 aliphatic rings. The maximum atomic E-state index is 12.1. The first-order chi connectivity index (χ1) is 9.51. The topological polar surface area (TPSA) is 82.1 Å². The molecule has 20 heavy (non-hydrogen) atoms. The van der Waals surface area contributed by atoms with Gasteiger partial charge in [-0.3, -0.25) is 0 Å². The highest BCUT2D eigenvalue weighted by molar-refractivity contribution is 5.83. The third-order valence-electron chi connectivity index (χ3n) is 4.17. The van der Waals surface area contributed by atoms with Crippen molar-refractivity contribution in [2.75, 3.05) is 40.3 Å². The number of carboxylic acid groups (broad SMARTS) is 1. The zero-order valence-corrected chi connectivity index (χ0v) is 12.0. The zero-order chi connectivity index (χ0) is 14.7. The molecule has 0 aromatic heterocycles. The molecular formula is C13H23N3O4. The number of carboxylic acids is 1. The highest BCUT2D eigenvalue weighted by Crippen LogP contribution is 2.20. The smallest absolute Gasteiger partial charge is 0.326 e. The lowest BCUT2D eigenvalue weighted by atomic mass is 10.1. The molecule has 3 atom stereocenters. The van der Waals surface area contributed by atoms with E-state index in [0.717, 1.165) is 19.5 Å². The summed E-state index contributed by atoms with van der Waals surface area (Å²) in [5, 5.41) is 12.0. The largest absolute Gasteiger partial charge is 0.480 e. The van der Waals surface area contributed by atoms with Gasteiger partial charge in [0.2, 0.25) is 0 Å². The number of urea groups is 1. The summed E-state index contributed by atoms with van der Waals surface area (Å²) in [5.41, 5.74) is 0. The molecule has 0 spiro atoms. The van der Waals surface area contributed by atoms with Crippen LogP contribution in [0.15, 0.2) is 0 Å². The fourth-order valence-electron chi connectivity index (χ4n) is 2.95. The van der Waals surface area contributed by atoms with Gasteiger partial charge in [0.25, 0.3) is 0 Å². The Morgan fingerprint density at radius 2 is 2.15 bits per heavy atom. The van der Waals surface area contributed by atoms with E-state index in [1.54, 1.807) is 7.11 Å². The predicted octanol–water partition coefficient (Wildman–Crippen LogP) is -0.178. The lowest BCUT2D eigenvalue weighted by Crippen LogP contribution is -2.47. The highest BCUT2D eigenvalue weighted by Gasteiger charge is 2.40. The molecule has 3 unspecified atom stereocenters. The normalized spacial score (nSPS) is 30.7. The standard InChI is InChI=1S/C13H23N3O4/c1-15-4-3-9(7-15)6-14-13(19)16-8-10(20-2)5-11(16)12(17)18/h9-11H,3-8H2,1-2H3,(H,14,19)(H,17,18). The number of ether oxygens (including phenoxy) is 1. The maximum Gasteiger partial charge on any atom is 0.326 e. The van der Waals surface area contributed by atoms with Crippen molar-refractivity contribution in [2.45, 2.75) is 25.0 Å². The average molecular weight is 285 g/mol. The van der Waals surface area contributed by atoms with Crippen molar-refractivity contribution in [1.82, 2.24) is 15.1 Å². The molecule has 0 aromatic rings. The van der Waals surface area contributed by atoms with Crippen LogP contribution in [0.4, 0.5) is 4.79 Å². The van der Waals surface area contributed by atoms with Crippen LogP contribution in [0.3, 0.4) is 0 Å². The van der Waals surface area contributed by atoms with E-state index in [0.29, 0.717) is 25.4 Å². The van der Waals surface area contributed by atoms with E-state index in [1.165, 1.54) is 4.90 Å². The molecule has 0 aromatic carbocycles. The van der Waals surface area contributed by atoms with Crippen LogP contribution in [0.2, 0.25) is 0 Å². The molecule has 0 radical (unpaired) electrons. The summed E-state index contributed by atoms with van der Waals surface area (Å²) >= 11 is 0. The quantitative estimate of drug-likeness (QED) is 0.749. The number of hydrogen-bond donors (Lipinski definition) is 2. The molecule has 7 heteroatoms. The van der Waals surface area contributed by atoms with Gasteiger partial charge < -0.3 is 25.0 Å². The molecule has 2 rings (SSSR count). The van der Waals surface area contributed by atoms with Crippen molar-refractivity contribution in [1.29, 1.82) is 0 Å². The number of hydrogen-bond acceptors (Lipinski definition) is 4. The molecule has 0 bridgehead atoms. The Bertz CT molecular complexity index is 377. The second kappa shape index (κ2) is 6.41. The van der Waals surface area contributed by atoms with E-state index < -0.39 is 12.0 Å². The summed E-state index contributed by atoms with van der Waals surface area (Å²) in [6.45, 7) is 2.96. The molecule has 7 nitrogen and oxygen atoms in total. The van der Waals surface area contributed by atoms with Crippen LogP contribution in [0.5, 0.6) is 0 Å². The van der Waals surface area contributed by atoms with Gasteiger partial charge in [-0.05, 0) is 25.9 Å². The number of amides is 2. The second-order valence-electron chi connectivity index (χ2n) is 5.70. The molecule has 2 amide bonds. The molecular weight excluding hydrogens is 262 g/mol. The summed E-state index contributed by atoms with van der Waals surface area (Å²) in [6, 6.07) is -1.09. The zero-order valence-electron chi connectivity index (χ0n) is 12.0. The van der Waals surface area contributed by atoms with Gasteiger partial charge in [0, 0.05) is 33.2 Å². The fraction of sp³-hybridized carbons (Fsp3) is 0.846. The van der Waals surface area contributed by atoms with Crippen LogP contribution in [0, 0.1) is 5.92 Å². The van der Waals surface area contributed by atoms with Crippen LogP contribution in [0.1, 0.15) is 12.8 Å². The summed E-state index contributed by atoms with van der Waals surface area (Å²) in [6.07, 6.45) is 1.23. The number of carbonyl (C=O) groups is 2. The van der Waals surface area contributed by atoms with E-state index >= 15 is 0 Å². The lowest BCUT2D eigenvalue weighted by Gasteiger charge is -2.22. The predicted molar refractivity (Wildman–Crippen MR) is 72.5 cm³/mol. The van der Waals surface area contributed by atoms with Crippen LogP contribution >= 0.6 is 0 Å². The van der Waals surface area contributed by atoms with E-state index in [9.17, 15) is 14.7 Å². The minimum Gasteiger partial charge on any atom is -0.480 e. The van der Waals surface area contributed by atoms with Crippen LogP contribution in [0.25, 0.3) is 0 Å². The minimum atomic E-state index is -0.972. The molecule has 0 saturated carbocycles. The Kier molecular flexibility index (Phi) is 4.82. The SMILES string of the molecule is COC1CC(C(=O)O)N(C(=O)NCC2CCN(C)C2)C1. The Hall–Kier alpha value is -1.34. The third-order valence-corrected chi connectivity index (χ3v) is 4.17. The Balaban J connectivity index is 1.85. The number of methoxy groups -OCH3 is 1. The van der Waals surface area contributed by atoms with Crippen molar-refractivity contribution in [3.05, 3.63) is 0 Å². The summed E-state index contributed by atoms with van der Waals surface area (Å²) in [4.78, 5) is 26.9. The third kappa shape index (κ3) is 3.40. The van der Waals surface area contributed by atoms with Gasteiger partial charge in [-0.25, -0.2) is 9.59 Å². The first kappa shape index (κ1) is 15.1. The molecule has 0 aliphatic carbocycles. The van der Waals surface area contributed by atoms with Crippen molar-refractivity contribution in [3.8, 4) is 0 Å². The van der Waals surface area contributed by atoms with E-state index in [2.05, 4.69) is 17.3 Å². The van der Waals surface area contributed by atoms with Crippen molar-refractivity contribution < 1.29 is 19.4 Å². The molecule has 2 saturated heterocycles. The first-order valence-corrected chi connectivity index (χ1v) is 7.00. The van der Waals surface area contributed by atoms with E-state index in [4.69, 9.17) is 4.74 Å². The monoisotopic (exact) mass is 285 g/mol. The Morgan fingerprint density at radius 1 is 1.40 bits per heavy atom. The number of likely N-dealkylation sites (tertiary alicyclic amines) is 2. The van der Waals surface area contributed by atoms with Gasteiger partial charge in [-0.15, -0.1) is 0 Å². The number of aliphatic carboxylic acids is 1. The van der Waals surface area contributed by atoms with Gasteiger partial charge in [0.15, 0.2) is 0 Å². The molecule has 2 aliphatic heterocycles. The van der Waals surface area contributed by atoms with Gasteiger partial charge >= 0.3 is 12.0 Å². The van der Waals surface area contributed by atoms with Gasteiger partial charge in [-0.2, -0.15) is 0 Å². The van der Waals surface area contributed by atoms with E-state index in [-0.39, 0.29) is 12.1 Å². The fourth-order valence-corrected chi connectivity index (χ4v) is 2.95. The van der Waals surface area contributed by atoms with Crippen LogP contribution in [-0.4, -0.2) is 79.4 Å². The lowest BCUT2D eigenvalue weighted by molar-refractivity contribution is -0.141. The number of nitrogens with one attached hydrogen (secondary N) is 1. The van der Waals surface area contributed by atoms with Crippen molar-refractivity contribution in [2.24, 2.45) is 5.92 Å². The van der Waals surface area contributed by atoms with Crippen molar-refractivity contribution >= 4 is 12.0 Å². The highest BCUT2D eigenvalue weighted by atomic mass is 16.5. The average Bonchev–Trinajstić information content (AvgIpc) is 3.02. The van der Waals surface area contributed by atoms with Gasteiger partial charge in [-0.1, -0.05) is 0 Å². The minimum absolute atomic E-state index is 0.195. The maximum absolute atomic E-state index is 12.1. The summed E-state index contributed by atoms with van der Waals surface area (Å²) in [7, 11) is 3.60. The molecule has 2 N–H and O–H groups in total. The Morgan fingerprint density at radius 3 is 2.70 bits per heavy atom. The number of nitrogens with zero attached hydrogens (tertiary/aromatic N) is 2. The molecule has 2 fully saturated rings. The molecule has 2 heterocycles. The van der Waals surface area contributed by atoms with Gasteiger partial charge in [0.05, 0.1) is 6.10 Å². The van der Waals surface area contributed by atoms with Crippen LogP contribution < -0.4 is 5.32 Å². The molecule has 114 valence electrons. The summed E-state index contributed by atoms with van der Waals surface area (Å²) in [5.74, 6) is -0.520. The van der Waals surface area contributed by atoms with Crippen LogP contribution in [-0.2, 0) is 9.53 Å². The van der Waals surface area contributed by atoms with E-state index in [1.807, 2.05) is 0 Å². The number of rotatable bonds is 4. The van der Waals surface area contributed by atoms with Crippen molar-refractivity contribution in [3.63, 3.8) is 0 Å². The summed E-state index contributed by atoms with van der Waals surface area (Å²) < 4.78 is 5.17.